The average Bonchev–Trinajstić information content (AvgIpc) is 3.29. The third-order valence-electron chi connectivity index (χ3n) is 4.90. The minimum absolute atomic E-state index is 0.888. The summed E-state index contributed by atoms with van der Waals surface area (Å²) < 4.78 is 5.33. The fraction of sp³-hybridized carbons (Fsp3) is 0.0833. The lowest BCUT2D eigenvalue weighted by Crippen LogP contribution is -1.81. The van der Waals surface area contributed by atoms with E-state index in [1.807, 2.05) is 34.8 Å². The summed E-state index contributed by atoms with van der Waals surface area (Å²) in [5.74, 6) is 0.888. The van der Waals surface area contributed by atoms with Crippen molar-refractivity contribution in [1.82, 2.24) is 0 Å². The van der Waals surface area contributed by atoms with Crippen molar-refractivity contribution in [3.05, 3.63) is 77.7 Å². The van der Waals surface area contributed by atoms with E-state index in [1.54, 1.807) is 7.11 Å². The lowest BCUT2D eigenvalue weighted by molar-refractivity contribution is 0.415. The van der Waals surface area contributed by atoms with Gasteiger partial charge in [0.2, 0.25) is 0 Å². The minimum atomic E-state index is 0.888. The maximum atomic E-state index is 5.33. The number of rotatable bonds is 3. The highest BCUT2D eigenvalue weighted by molar-refractivity contribution is 7.25. The summed E-state index contributed by atoms with van der Waals surface area (Å²) in [7, 11) is 1.71. The zero-order valence-electron chi connectivity index (χ0n) is 15.2. The van der Waals surface area contributed by atoms with E-state index in [0.29, 0.717) is 0 Å². The van der Waals surface area contributed by atoms with Gasteiger partial charge < -0.3 is 4.74 Å². The molecule has 5 aromatic rings. The van der Waals surface area contributed by atoms with Crippen molar-refractivity contribution in [3.63, 3.8) is 0 Å². The third-order valence-corrected chi connectivity index (χ3v) is 7.35. The molecule has 2 heterocycles. The molecule has 0 saturated heterocycles. The third kappa shape index (κ3) is 2.84. The van der Waals surface area contributed by atoms with Crippen molar-refractivity contribution in [2.75, 3.05) is 7.11 Å². The molecule has 0 aliphatic carbocycles. The van der Waals surface area contributed by atoms with Crippen molar-refractivity contribution < 1.29 is 4.74 Å². The van der Waals surface area contributed by atoms with Gasteiger partial charge in [0.25, 0.3) is 0 Å². The van der Waals surface area contributed by atoms with Crippen molar-refractivity contribution in [2.24, 2.45) is 0 Å². The second-order valence-electron chi connectivity index (χ2n) is 6.64. The summed E-state index contributed by atoms with van der Waals surface area (Å²) in [6.07, 6.45) is 0. The van der Waals surface area contributed by atoms with Crippen LogP contribution in [0.4, 0.5) is 0 Å². The Bertz CT molecular complexity index is 1260. The Kier molecular flexibility index (Phi) is 4.00. The van der Waals surface area contributed by atoms with Crippen LogP contribution in [-0.4, -0.2) is 7.11 Å². The van der Waals surface area contributed by atoms with Crippen LogP contribution in [0.3, 0.4) is 0 Å². The van der Waals surface area contributed by atoms with Gasteiger partial charge >= 0.3 is 0 Å². The second-order valence-corrected chi connectivity index (χ2v) is 8.95. The van der Waals surface area contributed by atoms with E-state index in [2.05, 4.69) is 67.6 Å². The summed E-state index contributed by atoms with van der Waals surface area (Å²) in [4.78, 5) is 5.37. The number of aryl methyl sites for hydroxylation is 1. The maximum absolute atomic E-state index is 5.33. The van der Waals surface area contributed by atoms with Crippen molar-refractivity contribution in [2.45, 2.75) is 6.92 Å². The van der Waals surface area contributed by atoms with Crippen LogP contribution in [0.25, 0.3) is 41.7 Å². The number of hydrogen-bond donors (Lipinski definition) is 0. The van der Waals surface area contributed by atoms with Gasteiger partial charge in [0.1, 0.15) is 5.75 Å². The quantitative estimate of drug-likeness (QED) is 0.308. The van der Waals surface area contributed by atoms with Crippen LogP contribution in [0.5, 0.6) is 5.75 Å². The minimum Gasteiger partial charge on any atom is -0.497 e. The SMILES string of the molecule is COc1ccc(-c2sc(-c3ccc(C)s3)c3cc4ccccc4cc23)cc1. The Morgan fingerprint density at radius 1 is 0.704 bits per heavy atom. The molecule has 0 atom stereocenters. The molecule has 0 radical (unpaired) electrons. The molecule has 132 valence electrons. The largest absolute Gasteiger partial charge is 0.497 e. The van der Waals surface area contributed by atoms with E-state index in [1.165, 1.54) is 46.6 Å². The molecule has 2 aromatic heterocycles. The van der Waals surface area contributed by atoms with Gasteiger partial charge in [0.05, 0.1) is 12.0 Å². The lowest BCUT2D eigenvalue weighted by Gasteiger charge is -2.04. The fourth-order valence-electron chi connectivity index (χ4n) is 3.52. The highest BCUT2D eigenvalue weighted by atomic mass is 32.1. The number of fused-ring (bicyclic) bond motifs is 2. The Morgan fingerprint density at radius 2 is 1.37 bits per heavy atom. The molecule has 0 spiro atoms. The Morgan fingerprint density at radius 3 is 1.96 bits per heavy atom. The van der Waals surface area contributed by atoms with Crippen LogP contribution >= 0.6 is 22.7 Å². The maximum Gasteiger partial charge on any atom is 0.118 e. The molecule has 0 unspecified atom stereocenters. The first kappa shape index (κ1) is 16.5. The number of hydrogen-bond acceptors (Lipinski definition) is 3. The predicted octanol–water partition coefficient (Wildman–Crippen LogP) is 7.77. The first-order valence-corrected chi connectivity index (χ1v) is 10.5. The first-order valence-electron chi connectivity index (χ1n) is 8.89. The molecule has 0 saturated carbocycles. The number of thiophene rings is 2. The standard InChI is InChI=1S/C24H18OS2/c1-15-7-12-22(26-15)24-21-14-18-6-4-3-5-17(18)13-20(21)23(27-24)16-8-10-19(25-2)11-9-16/h3-14H,1-2H3. The monoisotopic (exact) mass is 386 g/mol. The van der Waals surface area contributed by atoms with Gasteiger partial charge in [0, 0.05) is 25.4 Å². The van der Waals surface area contributed by atoms with E-state index >= 15 is 0 Å². The molecule has 1 nitrogen and oxygen atoms in total. The highest BCUT2D eigenvalue weighted by Crippen LogP contribution is 2.47. The molecule has 3 heteroatoms. The van der Waals surface area contributed by atoms with Crippen LogP contribution < -0.4 is 4.74 Å². The fourth-order valence-corrected chi connectivity index (χ4v) is 5.78. The van der Waals surface area contributed by atoms with Gasteiger partial charge in [-0.05, 0) is 71.8 Å². The lowest BCUT2D eigenvalue weighted by atomic mass is 10.0. The van der Waals surface area contributed by atoms with Crippen LogP contribution in [-0.2, 0) is 0 Å². The zero-order valence-corrected chi connectivity index (χ0v) is 16.8. The summed E-state index contributed by atoms with van der Waals surface area (Å²) in [5.41, 5.74) is 1.24. The van der Waals surface area contributed by atoms with E-state index in [-0.39, 0.29) is 0 Å². The molecule has 5 rings (SSSR count). The second kappa shape index (κ2) is 6.52. The summed E-state index contributed by atoms with van der Waals surface area (Å²) in [6.45, 7) is 2.17. The molecule has 0 N–H and O–H groups in total. The average molecular weight is 387 g/mol. The Labute approximate surface area is 166 Å². The van der Waals surface area contributed by atoms with Crippen molar-refractivity contribution in [1.29, 1.82) is 0 Å². The molecular weight excluding hydrogens is 368 g/mol. The van der Waals surface area contributed by atoms with Crippen molar-refractivity contribution in [3.8, 4) is 25.9 Å². The molecule has 0 aliphatic heterocycles. The summed E-state index contributed by atoms with van der Waals surface area (Å²) in [5, 5.41) is 5.24. The van der Waals surface area contributed by atoms with Gasteiger partial charge in [0.15, 0.2) is 0 Å². The van der Waals surface area contributed by atoms with Crippen LogP contribution in [0, 0.1) is 6.92 Å². The highest BCUT2D eigenvalue weighted by Gasteiger charge is 2.16. The number of methoxy groups -OCH3 is 1. The first-order chi connectivity index (χ1) is 13.2. The Balaban J connectivity index is 1.82. The van der Waals surface area contributed by atoms with Gasteiger partial charge in [-0.2, -0.15) is 0 Å². The van der Waals surface area contributed by atoms with E-state index < -0.39 is 0 Å². The predicted molar refractivity (Wildman–Crippen MR) is 119 cm³/mol. The van der Waals surface area contributed by atoms with Crippen LogP contribution in [0.1, 0.15) is 4.88 Å². The van der Waals surface area contributed by atoms with Crippen LogP contribution in [0.2, 0.25) is 0 Å². The molecule has 0 amide bonds. The van der Waals surface area contributed by atoms with Crippen molar-refractivity contribution >= 4 is 44.2 Å². The number of ether oxygens (including phenoxy) is 1. The van der Waals surface area contributed by atoms with Gasteiger partial charge in [-0.3, -0.25) is 0 Å². The molecule has 0 fully saturated rings. The normalized spacial score (nSPS) is 11.3. The Hall–Kier alpha value is -2.62. The number of benzene rings is 3. The topological polar surface area (TPSA) is 9.23 Å². The van der Waals surface area contributed by atoms with Gasteiger partial charge in [-0.25, -0.2) is 0 Å². The van der Waals surface area contributed by atoms with E-state index in [0.717, 1.165) is 5.75 Å². The van der Waals surface area contributed by atoms with E-state index in [4.69, 9.17) is 4.74 Å². The van der Waals surface area contributed by atoms with Crippen LogP contribution in [0.15, 0.2) is 72.8 Å². The van der Waals surface area contributed by atoms with Gasteiger partial charge in [-0.15, -0.1) is 22.7 Å². The molecule has 0 aliphatic rings. The zero-order chi connectivity index (χ0) is 18.4. The molecule has 27 heavy (non-hydrogen) atoms. The molecular formula is C24H18OS2. The van der Waals surface area contributed by atoms with E-state index in [9.17, 15) is 0 Å². The summed E-state index contributed by atoms with van der Waals surface area (Å²) >= 11 is 3.75. The molecule has 0 bridgehead atoms. The smallest absolute Gasteiger partial charge is 0.118 e. The van der Waals surface area contributed by atoms with Gasteiger partial charge in [-0.1, -0.05) is 24.3 Å². The summed E-state index contributed by atoms with van der Waals surface area (Å²) in [6, 6.07) is 26.1. The molecule has 3 aromatic carbocycles.